The molecule has 0 aromatic rings. The monoisotopic (exact) mass is 124 g/mol. The highest BCUT2D eigenvalue weighted by atomic mass is 16.3. The van der Waals surface area contributed by atoms with Crippen LogP contribution in [0.15, 0.2) is 23.8 Å². The van der Waals surface area contributed by atoms with Gasteiger partial charge in [-0.2, -0.15) is 0 Å². The van der Waals surface area contributed by atoms with Gasteiger partial charge in [0.2, 0.25) is 0 Å². The fraction of sp³-hybridized carbons (Fsp3) is 0.286. The number of hydrogen-bond donors (Lipinski definition) is 1. The molecule has 2 heteroatoms. The van der Waals surface area contributed by atoms with Gasteiger partial charge in [0.1, 0.15) is 6.29 Å². The molecular formula is C7H8O2. The zero-order valence-corrected chi connectivity index (χ0v) is 4.95. The fourth-order valence-corrected chi connectivity index (χ4v) is 0.761. The number of aliphatic hydroxyl groups is 1. The van der Waals surface area contributed by atoms with Crippen molar-refractivity contribution in [2.24, 2.45) is 0 Å². The molecule has 0 saturated heterocycles. The molecule has 0 radical (unpaired) electrons. The van der Waals surface area contributed by atoms with Crippen LogP contribution in [0, 0.1) is 0 Å². The van der Waals surface area contributed by atoms with Crippen LogP contribution in [-0.4, -0.2) is 17.5 Å². The molecule has 1 rings (SSSR count). The van der Waals surface area contributed by atoms with E-state index < -0.39 is 6.10 Å². The van der Waals surface area contributed by atoms with E-state index >= 15 is 0 Å². The van der Waals surface area contributed by atoms with E-state index in [1.54, 1.807) is 12.2 Å². The molecule has 0 fully saturated rings. The average molecular weight is 124 g/mol. The Morgan fingerprint density at radius 1 is 1.78 bits per heavy atom. The lowest BCUT2D eigenvalue weighted by Crippen LogP contribution is -2.09. The van der Waals surface area contributed by atoms with E-state index in [1.807, 2.05) is 6.08 Å². The quantitative estimate of drug-likeness (QED) is 0.406. The lowest BCUT2D eigenvalue weighted by atomic mass is 10.1. The van der Waals surface area contributed by atoms with E-state index in [4.69, 9.17) is 5.11 Å². The van der Waals surface area contributed by atoms with Gasteiger partial charge in [0, 0.05) is 5.57 Å². The standard InChI is InChI=1S/C7H8O2/c8-5-6-3-1-2-4-7(6)9/h2-5,7,9H,1H2. The number of carbonyl (C=O) groups is 1. The van der Waals surface area contributed by atoms with Gasteiger partial charge < -0.3 is 5.11 Å². The van der Waals surface area contributed by atoms with Crippen molar-refractivity contribution in [2.45, 2.75) is 12.5 Å². The SMILES string of the molecule is O=CC1=CCC=CC1O. The van der Waals surface area contributed by atoms with E-state index in [-0.39, 0.29) is 0 Å². The summed E-state index contributed by atoms with van der Waals surface area (Å²) in [5.41, 5.74) is 0.470. The van der Waals surface area contributed by atoms with Crippen LogP contribution >= 0.6 is 0 Å². The molecule has 0 spiro atoms. The van der Waals surface area contributed by atoms with Gasteiger partial charge in [-0.15, -0.1) is 0 Å². The summed E-state index contributed by atoms with van der Waals surface area (Å²) in [7, 11) is 0. The van der Waals surface area contributed by atoms with Gasteiger partial charge in [0.15, 0.2) is 0 Å². The summed E-state index contributed by atoms with van der Waals surface area (Å²) in [6.45, 7) is 0. The number of rotatable bonds is 1. The topological polar surface area (TPSA) is 37.3 Å². The Bertz CT molecular complexity index is 168. The molecule has 0 heterocycles. The van der Waals surface area contributed by atoms with Crippen LogP contribution in [0.2, 0.25) is 0 Å². The molecule has 0 aliphatic heterocycles. The van der Waals surface area contributed by atoms with Crippen LogP contribution in [0.1, 0.15) is 6.42 Å². The first-order valence-corrected chi connectivity index (χ1v) is 2.84. The average Bonchev–Trinajstić information content (AvgIpc) is 1.89. The van der Waals surface area contributed by atoms with E-state index in [0.717, 1.165) is 6.42 Å². The van der Waals surface area contributed by atoms with Crippen LogP contribution in [0.25, 0.3) is 0 Å². The molecule has 0 amide bonds. The minimum absolute atomic E-state index is 0.470. The molecule has 1 N–H and O–H groups in total. The van der Waals surface area contributed by atoms with Crippen LogP contribution in [0.3, 0.4) is 0 Å². The fourth-order valence-electron chi connectivity index (χ4n) is 0.761. The molecule has 1 aliphatic rings. The predicted molar refractivity (Wildman–Crippen MR) is 33.9 cm³/mol. The predicted octanol–water partition coefficient (Wildman–Crippen LogP) is 0.432. The largest absolute Gasteiger partial charge is 0.384 e. The van der Waals surface area contributed by atoms with E-state index in [0.29, 0.717) is 11.9 Å². The highest BCUT2D eigenvalue weighted by Gasteiger charge is 2.07. The van der Waals surface area contributed by atoms with Gasteiger partial charge in [0.25, 0.3) is 0 Å². The molecule has 0 bridgehead atoms. The number of aldehydes is 1. The van der Waals surface area contributed by atoms with Gasteiger partial charge in [-0.3, -0.25) is 4.79 Å². The smallest absolute Gasteiger partial charge is 0.148 e. The van der Waals surface area contributed by atoms with E-state index in [9.17, 15) is 4.79 Å². The van der Waals surface area contributed by atoms with Gasteiger partial charge in [-0.05, 0) is 6.42 Å². The first kappa shape index (κ1) is 6.23. The second kappa shape index (κ2) is 2.60. The van der Waals surface area contributed by atoms with Gasteiger partial charge in [-0.25, -0.2) is 0 Å². The maximum absolute atomic E-state index is 10.1. The van der Waals surface area contributed by atoms with Crippen molar-refractivity contribution in [3.8, 4) is 0 Å². The molecule has 48 valence electrons. The lowest BCUT2D eigenvalue weighted by Gasteiger charge is -2.07. The minimum atomic E-state index is -0.670. The third kappa shape index (κ3) is 1.27. The Hall–Kier alpha value is -0.890. The van der Waals surface area contributed by atoms with Crippen molar-refractivity contribution < 1.29 is 9.90 Å². The zero-order chi connectivity index (χ0) is 6.69. The highest BCUT2D eigenvalue weighted by molar-refractivity contribution is 5.75. The second-order valence-electron chi connectivity index (χ2n) is 1.93. The van der Waals surface area contributed by atoms with Crippen molar-refractivity contribution >= 4 is 6.29 Å². The normalized spacial score (nSPS) is 25.4. The molecule has 1 atom stereocenters. The number of hydrogen-bond acceptors (Lipinski definition) is 2. The Morgan fingerprint density at radius 2 is 2.56 bits per heavy atom. The number of allylic oxidation sites excluding steroid dienone is 2. The minimum Gasteiger partial charge on any atom is -0.384 e. The Kier molecular flexibility index (Phi) is 1.80. The molecule has 9 heavy (non-hydrogen) atoms. The van der Waals surface area contributed by atoms with Crippen LogP contribution < -0.4 is 0 Å². The molecule has 1 aliphatic carbocycles. The Balaban J connectivity index is 2.70. The Labute approximate surface area is 53.5 Å². The first-order chi connectivity index (χ1) is 4.34. The van der Waals surface area contributed by atoms with Gasteiger partial charge in [0.05, 0.1) is 6.10 Å². The molecule has 0 saturated carbocycles. The van der Waals surface area contributed by atoms with Crippen molar-refractivity contribution in [1.29, 1.82) is 0 Å². The van der Waals surface area contributed by atoms with Crippen molar-refractivity contribution in [1.82, 2.24) is 0 Å². The first-order valence-electron chi connectivity index (χ1n) is 2.84. The van der Waals surface area contributed by atoms with Crippen molar-refractivity contribution in [3.63, 3.8) is 0 Å². The summed E-state index contributed by atoms with van der Waals surface area (Å²) in [6.07, 6.45) is 5.94. The maximum atomic E-state index is 10.1. The van der Waals surface area contributed by atoms with Crippen molar-refractivity contribution in [2.75, 3.05) is 0 Å². The van der Waals surface area contributed by atoms with Crippen LogP contribution in [-0.2, 0) is 4.79 Å². The van der Waals surface area contributed by atoms with Gasteiger partial charge in [-0.1, -0.05) is 18.2 Å². The van der Waals surface area contributed by atoms with Crippen LogP contribution in [0.5, 0.6) is 0 Å². The van der Waals surface area contributed by atoms with E-state index in [1.165, 1.54) is 0 Å². The third-order valence-corrected chi connectivity index (χ3v) is 1.29. The molecule has 0 aromatic carbocycles. The molecule has 2 nitrogen and oxygen atoms in total. The summed E-state index contributed by atoms with van der Waals surface area (Å²) in [6, 6.07) is 0. The van der Waals surface area contributed by atoms with Crippen molar-refractivity contribution in [3.05, 3.63) is 23.8 Å². The highest BCUT2D eigenvalue weighted by Crippen LogP contribution is 2.08. The lowest BCUT2D eigenvalue weighted by molar-refractivity contribution is -0.105. The summed E-state index contributed by atoms with van der Waals surface area (Å²) in [5, 5.41) is 8.98. The summed E-state index contributed by atoms with van der Waals surface area (Å²) in [5.74, 6) is 0. The van der Waals surface area contributed by atoms with Crippen LogP contribution in [0.4, 0.5) is 0 Å². The summed E-state index contributed by atoms with van der Waals surface area (Å²) in [4.78, 5) is 10.1. The number of aliphatic hydroxyl groups excluding tert-OH is 1. The number of carbonyl (C=O) groups excluding carboxylic acids is 1. The summed E-state index contributed by atoms with van der Waals surface area (Å²) < 4.78 is 0. The summed E-state index contributed by atoms with van der Waals surface area (Å²) >= 11 is 0. The molecule has 0 aromatic heterocycles. The zero-order valence-electron chi connectivity index (χ0n) is 4.95. The third-order valence-electron chi connectivity index (χ3n) is 1.29. The second-order valence-corrected chi connectivity index (χ2v) is 1.93. The molecule has 1 unspecified atom stereocenters. The van der Waals surface area contributed by atoms with E-state index in [2.05, 4.69) is 0 Å². The van der Waals surface area contributed by atoms with Gasteiger partial charge >= 0.3 is 0 Å². The Morgan fingerprint density at radius 3 is 3.00 bits per heavy atom. The molecular weight excluding hydrogens is 116 g/mol. The maximum Gasteiger partial charge on any atom is 0.148 e.